The van der Waals surface area contributed by atoms with Gasteiger partial charge in [-0.3, -0.25) is 0 Å². The van der Waals surface area contributed by atoms with Crippen LogP contribution < -0.4 is 0 Å². The molecule has 0 atom stereocenters. The van der Waals surface area contributed by atoms with E-state index in [9.17, 15) is 0 Å². The summed E-state index contributed by atoms with van der Waals surface area (Å²) in [6, 6.07) is 45.0. The number of hydrogen-bond acceptors (Lipinski definition) is 3. The molecule has 3 heterocycles. The van der Waals surface area contributed by atoms with Gasteiger partial charge in [0.2, 0.25) is 0 Å². The van der Waals surface area contributed by atoms with Gasteiger partial charge in [-0.15, -0.1) is 0 Å². The molecule has 7 aromatic carbocycles. The number of para-hydroxylation sites is 1. The molecule has 200 valence electrons. The molecule has 0 fully saturated rings. The first kappa shape index (κ1) is 22.8. The van der Waals surface area contributed by atoms with Crippen LogP contribution in [0.2, 0.25) is 0 Å². The van der Waals surface area contributed by atoms with Crippen molar-refractivity contribution >= 4 is 76.4 Å². The molecule has 0 unspecified atom stereocenters. The monoisotopic (exact) mass is 550 g/mol. The zero-order chi connectivity index (χ0) is 28.1. The van der Waals surface area contributed by atoms with Gasteiger partial charge in [0.05, 0.1) is 6.26 Å². The largest absolute Gasteiger partial charge is 0.460 e. The summed E-state index contributed by atoms with van der Waals surface area (Å²) in [7, 11) is 0. The van der Waals surface area contributed by atoms with Gasteiger partial charge >= 0.3 is 0 Å². The van der Waals surface area contributed by atoms with E-state index in [0.29, 0.717) is 0 Å². The van der Waals surface area contributed by atoms with Crippen LogP contribution in [0.25, 0.3) is 98.6 Å². The maximum atomic E-state index is 6.47. The SMILES string of the molecule is c1ccc2c(c1)oc1cc(-c3c4ccccc4c(-c4ccc5c(c4)oc4c5ccc5ccoc54)c4ccccc34)ccc12. The zero-order valence-electron chi connectivity index (χ0n) is 22.9. The van der Waals surface area contributed by atoms with Crippen molar-refractivity contribution in [3.05, 3.63) is 134 Å². The Kier molecular flexibility index (Phi) is 4.45. The lowest BCUT2D eigenvalue weighted by Crippen LogP contribution is -1.90. The number of rotatable bonds is 2. The van der Waals surface area contributed by atoms with Gasteiger partial charge in [-0.1, -0.05) is 84.9 Å². The summed E-state index contributed by atoms with van der Waals surface area (Å²) >= 11 is 0. The molecule has 43 heavy (non-hydrogen) atoms. The Balaban J connectivity index is 1.26. The molecule has 0 saturated carbocycles. The third-order valence-corrected chi connectivity index (χ3v) is 8.95. The van der Waals surface area contributed by atoms with Crippen LogP contribution in [0, 0.1) is 0 Å². The van der Waals surface area contributed by atoms with E-state index in [-0.39, 0.29) is 0 Å². The lowest BCUT2D eigenvalue weighted by molar-refractivity contribution is 0.600. The van der Waals surface area contributed by atoms with E-state index in [1.807, 2.05) is 18.2 Å². The van der Waals surface area contributed by atoms with Crippen molar-refractivity contribution in [3.8, 4) is 22.3 Å². The van der Waals surface area contributed by atoms with Gasteiger partial charge in [-0.05, 0) is 86.3 Å². The quantitative estimate of drug-likeness (QED) is 0.201. The van der Waals surface area contributed by atoms with Crippen LogP contribution in [0.3, 0.4) is 0 Å². The van der Waals surface area contributed by atoms with Crippen LogP contribution in [-0.4, -0.2) is 0 Å². The summed E-state index contributed by atoms with van der Waals surface area (Å²) in [5.74, 6) is 0. The van der Waals surface area contributed by atoms with Gasteiger partial charge in [-0.2, -0.15) is 0 Å². The second-order valence-electron chi connectivity index (χ2n) is 11.2. The Bertz CT molecular complexity index is 2680. The van der Waals surface area contributed by atoms with E-state index in [4.69, 9.17) is 13.3 Å². The molecule has 0 saturated heterocycles. The topological polar surface area (TPSA) is 39.4 Å². The van der Waals surface area contributed by atoms with Crippen LogP contribution in [0.1, 0.15) is 0 Å². The highest BCUT2D eigenvalue weighted by atomic mass is 16.4. The highest BCUT2D eigenvalue weighted by Gasteiger charge is 2.19. The lowest BCUT2D eigenvalue weighted by atomic mass is 9.85. The Morgan fingerprint density at radius 1 is 0.349 bits per heavy atom. The average Bonchev–Trinajstić information content (AvgIpc) is 3.78. The summed E-state index contributed by atoms with van der Waals surface area (Å²) in [6.07, 6.45) is 1.72. The summed E-state index contributed by atoms with van der Waals surface area (Å²) < 4.78 is 18.6. The van der Waals surface area contributed by atoms with E-state index in [2.05, 4.69) is 109 Å². The minimum absolute atomic E-state index is 0.789. The van der Waals surface area contributed by atoms with E-state index in [1.54, 1.807) is 6.26 Å². The first-order chi connectivity index (χ1) is 21.3. The van der Waals surface area contributed by atoms with E-state index in [1.165, 1.54) is 32.7 Å². The minimum atomic E-state index is 0.789. The van der Waals surface area contributed by atoms with Crippen LogP contribution in [0.5, 0.6) is 0 Å². The van der Waals surface area contributed by atoms with Gasteiger partial charge in [0, 0.05) is 26.9 Å². The van der Waals surface area contributed by atoms with Gasteiger partial charge in [0.25, 0.3) is 0 Å². The maximum Gasteiger partial charge on any atom is 0.178 e. The molecule has 0 aliphatic heterocycles. The van der Waals surface area contributed by atoms with Crippen molar-refractivity contribution in [3.63, 3.8) is 0 Å². The van der Waals surface area contributed by atoms with Crippen molar-refractivity contribution in [1.82, 2.24) is 0 Å². The normalized spacial score (nSPS) is 12.2. The molecular formula is C40H22O3. The summed E-state index contributed by atoms with van der Waals surface area (Å²) in [5, 5.41) is 10.3. The summed E-state index contributed by atoms with van der Waals surface area (Å²) in [4.78, 5) is 0. The summed E-state index contributed by atoms with van der Waals surface area (Å²) in [6.45, 7) is 0. The molecule has 3 aromatic heterocycles. The molecule has 0 N–H and O–H groups in total. The highest BCUT2D eigenvalue weighted by Crippen LogP contribution is 2.46. The lowest BCUT2D eigenvalue weighted by Gasteiger charge is -2.17. The Hall–Kier alpha value is -5.80. The molecule has 10 aromatic rings. The van der Waals surface area contributed by atoms with Gasteiger partial charge in [-0.25, -0.2) is 0 Å². The van der Waals surface area contributed by atoms with Crippen molar-refractivity contribution in [2.45, 2.75) is 0 Å². The molecule has 0 spiro atoms. The fourth-order valence-electron chi connectivity index (χ4n) is 7.05. The molecule has 3 nitrogen and oxygen atoms in total. The van der Waals surface area contributed by atoms with Gasteiger partial charge < -0.3 is 13.3 Å². The Labute approximate surface area is 245 Å². The van der Waals surface area contributed by atoms with E-state index in [0.717, 1.165) is 66.0 Å². The third-order valence-electron chi connectivity index (χ3n) is 8.95. The second-order valence-corrected chi connectivity index (χ2v) is 11.2. The zero-order valence-corrected chi connectivity index (χ0v) is 22.9. The first-order valence-electron chi connectivity index (χ1n) is 14.5. The van der Waals surface area contributed by atoms with E-state index >= 15 is 0 Å². The number of fused-ring (bicyclic) bond motifs is 10. The number of hydrogen-bond donors (Lipinski definition) is 0. The smallest absolute Gasteiger partial charge is 0.178 e. The predicted molar refractivity (Wildman–Crippen MR) is 177 cm³/mol. The maximum absolute atomic E-state index is 6.47. The average molecular weight is 551 g/mol. The van der Waals surface area contributed by atoms with Crippen LogP contribution in [-0.2, 0) is 0 Å². The van der Waals surface area contributed by atoms with Crippen molar-refractivity contribution in [2.24, 2.45) is 0 Å². The molecule has 3 heteroatoms. The van der Waals surface area contributed by atoms with Gasteiger partial charge in [0.15, 0.2) is 11.2 Å². The third kappa shape index (κ3) is 3.14. The van der Waals surface area contributed by atoms with Gasteiger partial charge in [0.1, 0.15) is 16.7 Å². The fraction of sp³-hybridized carbons (Fsp3) is 0. The molecule has 10 rings (SSSR count). The van der Waals surface area contributed by atoms with Crippen LogP contribution in [0.15, 0.2) is 147 Å². The van der Waals surface area contributed by atoms with Crippen molar-refractivity contribution < 1.29 is 13.3 Å². The van der Waals surface area contributed by atoms with Crippen molar-refractivity contribution in [2.75, 3.05) is 0 Å². The molecule has 0 bridgehead atoms. The second kappa shape index (κ2) is 8.37. The highest BCUT2D eigenvalue weighted by molar-refractivity contribution is 6.23. The Morgan fingerprint density at radius 2 is 0.860 bits per heavy atom. The molecule has 0 radical (unpaired) electrons. The standard InChI is InChI=1S/C40H22O3/c1-3-10-31-29(8-1)37(24-14-16-27-26-7-5-6-12-34(26)42-35(27)21-24)30-9-2-4-11-32(30)38(31)25-15-17-28-33-18-13-23-19-20-41-39(23)40(33)43-36(28)22-25/h1-22H. The predicted octanol–water partition coefficient (Wildman–Crippen LogP) is 11.9. The van der Waals surface area contributed by atoms with Crippen LogP contribution >= 0.6 is 0 Å². The van der Waals surface area contributed by atoms with Crippen molar-refractivity contribution in [1.29, 1.82) is 0 Å². The first-order valence-corrected chi connectivity index (χ1v) is 14.5. The fourth-order valence-corrected chi connectivity index (χ4v) is 7.05. The molecular weight excluding hydrogens is 528 g/mol. The van der Waals surface area contributed by atoms with Crippen LogP contribution in [0.4, 0.5) is 0 Å². The minimum Gasteiger partial charge on any atom is -0.460 e. The molecule has 0 amide bonds. The molecule has 0 aliphatic rings. The Morgan fingerprint density at radius 3 is 1.51 bits per heavy atom. The number of benzene rings is 7. The molecule has 0 aliphatic carbocycles. The summed E-state index contributed by atoms with van der Waals surface area (Å²) in [5.41, 5.74) is 8.91. The number of furan rings is 3. The van der Waals surface area contributed by atoms with E-state index < -0.39 is 0 Å².